The van der Waals surface area contributed by atoms with Crippen molar-refractivity contribution in [3.05, 3.63) is 88.4 Å². The molecule has 0 radical (unpaired) electrons. The highest BCUT2D eigenvalue weighted by molar-refractivity contribution is 7.87. The normalized spacial score (nSPS) is 11.6. The average Bonchev–Trinajstić information content (AvgIpc) is 2.74. The zero-order valence-electron chi connectivity index (χ0n) is 16.3. The van der Waals surface area contributed by atoms with Crippen LogP contribution in [0.4, 0.5) is 0 Å². The Morgan fingerprint density at radius 3 is 2.33 bits per heavy atom. The molecule has 0 atom stereocenters. The first kappa shape index (κ1) is 21.4. The molecule has 0 heterocycles. The molecule has 3 rings (SSSR count). The molecule has 0 N–H and O–H groups in total. The van der Waals surface area contributed by atoms with Crippen molar-refractivity contribution in [3.8, 4) is 17.6 Å². The molecule has 0 amide bonds. The third kappa shape index (κ3) is 4.82. The predicted octanol–water partition coefficient (Wildman–Crippen LogP) is 5.49. The van der Waals surface area contributed by atoms with Crippen LogP contribution in [-0.2, 0) is 10.1 Å². The van der Waals surface area contributed by atoms with Gasteiger partial charge in [0.1, 0.15) is 4.90 Å². The maximum Gasteiger partial charge on any atom is 0.339 e. The highest BCUT2D eigenvalue weighted by Crippen LogP contribution is 2.39. The minimum Gasteiger partial charge on any atom is -0.493 e. The summed E-state index contributed by atoms with van der Waals surface area (Å²) < 4.78 is 35.9. The highest BCUT2D eigenvalue weighted by atomic mass is 35.5. The van der Waals surface area contributed by atoms with Crippen LogP contribution in [-0.4, -0.2) is 15.5 Å². The van der Waals surface area contributed by atoms with E-state index in [4.69, 9.17) is 20.5 Å². The Kier molecular flexibility index (Phi) is 6.46. The second-order valence-corrected chi connectivity index (χ2v) is 8.37. The van der Waals surface area contributed by atoms with Gasteiger partial charge < -0.3 is 8.92 Å². The van der Waals surface area contributed by atoms with Crippen molar-refractivity contribution in [2.45, 2.75) is 11.8 Å². The van der Waals surface area contributed by atoms with E-state index in [-0.39, 0.29) is 21.4 Å². The van der Waals surface area contributed by atoms with Crippen molar-refractivity contribution in [3.63, 3.8) is 0 Å². The minimum absolute atomic E-state index is 0.00559. The Hall–Kier alpha value is -3.27. The van der Waals surface area contributed by atoms with E-state index >= 15 is 0 Å². The van der Waals surface area contributed by atoms with E-state index in [0.29, 0.717) is 11.1 Å². The summed E-state index contributed by atoms with van der Waals surface area (Å²) in [6, 6.07) is 20.7. The zero-order valence-corrected chi connectivity index (χ0v) is 17.9. The average molecular weight is 440 g/mol. The lowest BCUT2D eigenvalue weighted by Crippen LogP contribution is -2.11. The lowest BCUT2D eigenvalue weighted by Gasteiger charge is -2.13. The SMILES string of the molecule is COc1cc(/C=C(\C#N)c2ccccc2)cc(Cl)c1OS(=O)(=O)c1ccc(C)cc1. The number of benzene rings is 3. The van der Waals surface area contributed by atoms with Gasteiger partial charge in [-0.15, -0.1) is 0 Å². The third-order valence-corrected chi connectivity index (χ3v) is 5.79. The topological polar surface area (TPSA) is 76.4 Å². The Balaban J connectivity index is 2.00. The molecule has 0 saturated carbocycles. The predicted molar refractivity (Wildman–Crippen MR) is 117 cm³/mol. The van der Waals surface area contributed by atoms with Crippen LogP contribution in [0.15, 0.2) is 71.6 Å². The summed E-state index contributed by atoms with van der Waals surface area (Å²) in [6.07, 6.45) is 1.64. The molecule has 0 bridgehead atoms. The monoisotopic (exact) mass is 439 g/mol. The van der Waals surface area contributed by atoms with Crippen LogP contribution in [0.25, 0.3) is 11.6 Å². The zero-order chi connectivity index (χ0) is 21.7. The fourth-order valence-electron chi connectivity index (χ4n) is 2.73. The minimum atomic E-state index is -4.10. The molecular formula is C23H18ClNO4S. The van der Waals surface area contributed by atoms with E-state index in [0.717, 1.165) is 11.1 Å². The quantitative estimate of drug-likeness (QED) is 0.288. The van der Waals surface area contributed by atoms with Gasteiger partial charge in [-0.2, -0.15) is 13.7 Å². The van der Waals surface area contributed by atoms with Gasteiger partial charge in [0.25, 0.3) is 0 Å². The summed E-state index contributed by atoms with van der Waals surface area (Å²) in [5, 5.41) is 9.55. The van der Waals surface area contributed by atoms with Crippen LogP contribution in [0, 0.1) is 18.3 Å². The number of halogens is 1. The number of aryl methyl sites for hydroxylation is 1. The summed E-state index contributed by atoms with van der Waals surface area (Å²) >= 11 is 6.32. The second-order valence-electron chi connectivity index (χ2n) is 6.42. The van der Waals surface area contributed by atoms with Gasteiger partial charge in [-0.1, -0.05) is 59.6 Å². The van der Waals surface area contributed by atoms with Crippen molar-refractivity contribution in [2.24, 2.45) is 0 Å². The Labute approximate surface area is 180 Å². The van der Waals surface area contributed by atoms with Crippen molar-refractivity contribution in [2.75, 3.05) is 7.11 Å². The fraction of sp³-hybridized carbons (Fsp3) is 0.0870. The van der Waals surface area contributed by atoms with Gasteiger partial charge >= 0.3 is 10.1 Å². The van der Waals surface area contributed by atoms with E-state index in [1.165, 1.54) is 25.3 Å². The summed E-state index contributed by atoms with van der Waals surface area (Å²) in [7, 11) is -2.72. The lowest BCUT2D eigenvalue weighted by atomic mass is 10.0. The number of hydrogen-bond donors (Lipinski definition) is 0. The fourth-order valence-corrected chi connectivity index (χ4v) is 3.99. The summed E-state index contributed by atoms with van der Waals surface area (Å²) in [6.45, 7) is 1.86. The molecule has 3 aromatic carbocycles. The molecule has 0 unspecified atom stereocenters. The molecule has 30 heavy (non-hydrogen) atoms. The van der Waals surface area contributed by atoms with Crippen molar-refractivity contribution in [1.82, 2.24) is 0 Å². The molecule has 152 valence electrons. The molecule has 5 nitrogen and oxygen atoms in total. The van der Waals surface area contributed by atoms with E-state index in [2.05, 4.69) is 6.07 Å². The van der Waals surface area contributed by atoms with Crippen LogP contribution in [0.5, 0.6) is 11.5 Å². The van der Waals surface area contributed by atoms with Gasteiger partial charge in [0, 0.05) is 0 Å². The number of rotatable bonds is 6. The highest BCUT2D eigenvalue weighted by Gasteiger charge is 2.22. The lowest BCUT2D eigenvalue weighted by molar-refractivity contribution is 0.390. The second kappa shape index (κ2) is 9.04. The van der Waals surface area contributed by atoms with E-state index in [1.54, 1.807) is 24.3 Å². The van der Waals surface area contributed by atoms with Crippen LogP contribution >= 0.6 is 11.6 Å². The summed E-state index contributed by atoms with van der Waals surface area (Å²) in [5.41, 5.74) is 2.66. The third-order valence-electron chi connectivity index (χ3n) is 4.27. The Bertz CT molecular complexity index is 1230. The van der Waals surface area contributed by atoms with E-state index < -0.39 is 10.1 Å². The van der Waals surface area contributed by atoms with E-state index in [1.807, 2.05) is 37.3 Å². The standard InChI is InChI=1S/C23H18ClNO4S/c1-16-8-10-20(11-9-16)30(26,27)29-23-21(24)13-17(14-22(23)28-2)12-19(15-25)18-6-4-3-5-7-18/h3-14H,1-2H3/b19-12+. The van der Waals surface area contributed by atoms with Gasteiger partial charge in [0.2, 0.25) is 5.75 Å². The van der Waals surface area contributed by atoms with Crippen LogP contribution < -0.4 is 8.92 Å². The maximum atomic E-state index is 12.6. The van der Waals surface area contributed by atoms with Crippen molar-refractivity contribution >= 4 is 33.4 Å². The van der Waals surface area contributed by atoms with Gasteiger partial charge in [0.05, 0.1) is 23.8 Å². The molecule has 0 saturated heterocycles. The molecule has 0 aliphatic rings. The molecule has 0 spiro atoms. The summed E-state index contributed by atoms with van der Waals surface area (Å²) in [5.74, 6) is 0.0184. The molecule has 0 aliphatic heterocycles. The van der Waals surface area contributed by atoms with Gasteiger partial charge in [-0.3, -0.25) is 0 Å². The molecule has 0 fully saturated rings. The summed E-state index contributed by atoms with van der Waals surface area (Å²) in [4.78, 5) is 0.00559. The van der Waals surface area contributed by atoms with Gasteiger partial charge in [0.15, 0.2) is 5.75 Å². The largest absolute Gasteiger partial charge is 0.493 e. The number of hydrogen-bond acceptors (Lipinski definition) is 5. The Morgan fingerprint density at radius 1 is 1.07 bits per heavy atom. The number of nitriles is 1. The maximum absolute atomic E-state index is 12.6. The Morgan fingerprint density at radius 2 is 1.73 bits per heavy atom. The number of ether oxygens (including phenoxy) is 1. The smallest absolute Gasteiger partial charge is 0.339 e. The molecular weight excluding hydrogens is 422 g/mol. The van der Waals surface area contributed by atoms with Gasteiger partial charge in [-0.25, -0.2) is 0 Å². The first-order valence-corrected chi connectivity index (χ1v) is 10.7. The van der Waals surface area contributed by atoms with E-state index in [9.17, 15) is 13.7 Å². The first-order valence-electron chi connectivity index (χ1n) is 8.90. The molecule has 3 aromatic rings. The molecule has 7 heteroatoms. The molecule has 0 aromatic heterocycles. The van der Waals surface area contributed by atoms with Gasteiger partial charge in [-0.05, 0) is 48.4 Å². The number of methoxy groups -OCH3 is 1. The van der Waals surface area contributed by atoms with Crippen LogP contribution in [0.1, 0.15) is 16.7 Å². The van der Waals surface area contributed by atoms with Crippen LogP contribution in [0.2, 0.25) is 5.02 Å². The van der Waals surface area contributed by atoms with Crippen molar-refractivity contribution in [1.29, 1.82) is 5.26 Å². The number of nitrogens with zero attached hydrogens (tertiary/aromatic N) is 1. The van der Waals surface area contributed by atoms with Crippen LogP contribution in [0.3, 0.4) is 0 Å². The molecule has 0 aliphatic carbocycles. The first-order chi connectivity index (χ1) is 14.3. The number of allylic oxidation sites excluding steroid dienone is 1. The van der Waals surface area contributed by atoms with Crippen molar-refractivity contribution < 1.29 is 17.3 Å².